The first-order chi connectivity index (χ1) is 6.48. The van der Waals surface area contributed by atoms with Gasteiger partial charge in [0.05, 0.1) is 5.56 Å². The summed E-state index contributed by atoms with van der Waals surface area (Å²) >= 11 is 2.93. The van der Waals surface area contributed by atoms with Gasteiger partial charge in [0, 0.05) is 4.47 Å². The Labute approximate surface area is 87.6 Å². The van der Waals surface area contributed by atoms with Gasteiger partial charge in [0.1, 0.15) is 0 Å². The van der Waals surface area contributed by atoms with Crippen LogP contribution in [0.1, 0.15) is 16.7 Å². The third-order valence-corrected chi connectivity index (χ3v) is 2.83. The molecule has 0 unspecified atom stereocenters. The predicted molar refractivity (Wildman–Crippen MR) is 51.9 cm³/mol. The molecule has 14 heavy (non-hydrogen) atoms. The first kappa shape index (κ1) is 9.77. The van der Waals surface area contributed by atoms with Gasteiger partial charge in [-0.05, 0) is 29.7 Å². The maximum atomic E-state index is 12.5. The number of allylic oxidation sites excluding steroid dienone is 1. The fourth-order valence-corrected chi connectivity index (χ4v) is 2.08. The summed E-state index contributed by atoms with van der Waals surface area (Å²) in [7, 11) is 0. The molecular weight excluding hydrogens is 257 g/mol. The standard InChI is InChI=1S/C10H6BrF3/c11-9-5-7-3-1-2-6(7)4-8(9)10(12,13)14/h1,3-5H,2H2. The van der Waals surface area contributed by atoms with Crippen molar-refractivity contribution in [1.82, 2.24) is 0 Å². The normalized spacial score (nSPS) is 14.6. The second kappa shape index (κ2) is 3.12. The van der Waals surface area contributed by atoms with Gasteiger partial charge in [-0.15, -0.1) is 0 Å². The van der Waals surface area contributed by atoms with Crippen LogP contribution in [0.15, 0.2) is 22.7 Å². The van der Waals surface area contributed by atoms with Crippen molar-refractivity contribution in [2.24, 2.45) is 0 Å². The van der Waals surface area contributed by atoms with Gasteiger partial charge in [-0.2, -0.15) is 13.2 Å². The van der Waals surface area contributed by atoms with E-state index in [4.69, 9.17) is 0 Å². The van der Waals surface area contributed by atoms with Crippen LogP contribution in [-0.2, 0) is 12.6 Å². The Hall–Kier alpha value is -0.770. The highest BCUT2D eigenvalue weighted by Gasteiger charge is 2.33. The molecule has 0 saturated carbocycles. The Morgan fingerprint density at radius 3 is 2.57 bits per heavy atom. The van der Waals surface area contributed by atoms with Crippen molar-refractivity contribution < 1.29 is 13.2 Å². The molecule has 1 aliphatic carbocycles. The van der Waals surface area contributed by atoms with Crippen LogP contribution in [0.25, 0.3) is 6.08 Å². The van der Waals surface area contributed by atoms with E-state index < -0.39 is 11.7 Å². The molecule has 0 aromatic heterocycles. The topological polar surface area (TPSA) is 0 Å². The van der Waals surface area contributed by atoms with E-state index in [1.165, 1.54) is 12.1 Å². The molecule has 4 heteroatoms. The van der Waals surface area contributed by atoms with Crippen LogP contribution in [0.4, 0.5) is 13.2 Å². The predicted octanol–water partition coefficient (Wildman–Crippen LogP) is 4.04. The van der Waals surface area contributed by atoms with Gasteiger partial charge in [-0.25, -0.2) is 0 Å². The number of hydrogen-bond acceptors (Lipinski definition) is 0. The Morgan fingerprint density at radius 1 is 1.21 bits per heavy atom. The molecule has 0 heterocycles. The van der Waals surface area contributed by atoms with E-state index in [-0.39, 0.29) is 4.47 Å². The molecule has 1 aromatic carbocycles. The first-order valence-corrected chi connectivity index (χ1v) is 4.84. The summed E-state index contributed by atoms with van der Waals surface area (Å²) < 4.78 is 37.5. The van der Waals surface area contributed by atoms with E-state index in [0.717, 1.165) is 11.1 Å². The highest BCUT2D eigenvalue weighted by Crippen LogP contribution is 2.37. The monoisotopic (exact) mass is 262 g/mol. The van der Waals surface area contributed by atoms with Gasteiger partial charge >= 0.3 is 6.18 Å². The second-order valence-electron chi connectivity index (χ2n) is 3.14. The van der Waals surface area contributed by atoms with Crippen molar-refractivity contribution in [3.8, 4) is 0 Å². The van der Waals surface area contributed by atoms with Gasteiger partial charge in [0.25, 0.3) is 0 Å². The lowest BCUT2D eigenvalue weighted by Crippen LogP contribution is -2.07. The number of hydrogen-bond donors (Lipinski definition) is 0. The molecule has 0 amide bonds. The van der Waals surface area contributed by atoms with E-state index >= 15 is 0 Å². The summed E-state index contributed by atoms with van der Waals surface area (Å²) in [6.45, 7) is 0. The van der Waals surface area contributed by atoms with Gasteiger partial charge in [0.2, 0.25) is 0 Å². The van der Waals surface area contributed by atoms with E-state index in [1.807, 2.05) is 12.2 Å². The maximum absolute atomic E-state index is 12.5. The third-order valence-electron chi connectivity index (χ3n) is 2.17. The third kappa shape index (κ3) is 1.59. The summed E-state index contributed by atoms with van der Waals surface area (Å²) in [6.07, 6.45) is -0.000342. The Balaban J connectivity index is 2.56. The van der Waals surface area contributed by atoms with Crippen molar-refractivity contribution >= 4 is 22.0 Å². The summed E-state index contributed by atoms with van der Waals surface area (Å²) in [5.74, 6) is 0. The van der Waals surface area contributed by atoms with Crippen LogP contribution in [-0.4, -0.2) is 0 Å². The largest absolute Gasteiger partial charge is 0.417 e. The van der Waals surface area contributed by atoms with Crippen LogP contribution < -0.4 is 0 Å². The minimum atomic E-state index is -4.28. The van der Waals surface area contributed by atoms with Crippen molar-refractivity contribution in [1.29, 1.82) is 0 Å². The van der Waals surface area contributed by atoms with E-state index in [9.17, 15) is 13.2 Å². The van der Waals surface area contributed by atoms with Gasteiger partial charge in [-0.3, -0.25) is 0 Å². The summed E-state index contributed by atoms with van der Waals surface area (Å²) in [5.41, 5.74) is 1.00. The second-order valence-corrected chi connectivity index (χ2v) is 3.99. The minimum absolute atomic E-state index is 0.107. The molecular formula is C10H6BrF3. The molecule has 0 bridgehead atoms. The number of alkyl halides is 3. The molecule has 0 nitrogen and oxygen atoms in total. The number of rotatable bonds is 0. The van der Waals surface area contributed by atoms with Crippen LogP contribution in [0.3, 0.4) is 0 Å². The van der Waals surface area contributed by atoms with Gasteiger partial charge in [-0.1, -0.05) is 28.1 Å². The van der Waals surface area contributed by atoms with E-state index in [0.29, 0.717) is 6.42 Å². The van der Waals surface area contributed by atoms with Crippen LogP contribution in [0.5, 0.6) is 0 Å². The summed E-state index contributed by atoms with van der Waals surface area (Å²) in [4.78, 5) is 0. The smallest absolute Gasteiger partial charge is 0.166 e. The fourth-order valence-electron chi connectivity index (χ4n) is 1.50. The zero-order chi connectivity index (χ0) is 10.3. The van der Waals surface area contributed by atoms with Gasteiger partial charge < -0.3 is 0 Å². The van der Waals surface area contributed by atoms with E-state index in [1.54, 1.807) is 0 Å². The van der Waals surface area contributed by atoms with Crippen LogP contribution in [0, 0.1) is 0 Å². The fraction of sp³-hybridized carbons (Fsp3) is 0.200. The zero-order valence-electron chi connectivity index (χ0n) is 7.03. The maximum Gasteiger partial charge on any atom is 0.417 e. The molecule has 2 rings (SSSR count). The molecule has 0 spiro atoms. The SMILES string of the molecule is FC(F)(F)c1cc2c(cc1Br)C=CC2. The Morgan fingerprint density at radius 2 is 1.93 bits per heavy atom. The van der Waals surface area contributed by atoms with Crippen LogP contribution >= 0.6 is 15.9 Å². The first-order valence-electron chi connectivity index (χ1n) is 4.04. The molecule has 0 saturated heterocycles. The lowest BCUT2D eigenvalue weighted by Gasteiger charge is -2.11. The lowest BCUT2D eigenvalue weighted by atomic mass is 10.1. The van der Waals surface area contributed by atoms with Gasteiger partial charge in [0.15, 0.2) is 0 Å². The molecule has 0 N–H and O–H groups in total. The Bertz CT molecular complexity index is 405. The lowest BCUT2D eigenvalue weighted by molar-refractivity contribution is -0.138. The molecule has 0 aliphatic heterocycles. The average Bonchev–Trinajstić information content (AvgIpc) is 2.47. The zero-order valence-corrected chi connectivity index (χ0v) is 8.61. The van der Waals surface area contributed by atoms with Crippen molar-refractivity contribution in [2.75, 3.05) is 0 Å². The van der Waals surface area contributed by atoms with Crippen LogP contribution in [0.2, 0.25) is 0 Å². The molecule has 1 aromatic rings. The molecule has 0 radical (unpaired) electrons. The van der Waals surface area contributed by atoms with Crippen molar-refractivity contribution in [2.45, 2.75) is 12.6 Å². The highest BCUT2D eigenvalue weighted by molar-refractivity contribution is 9.10. The summed E-state index contributed by atoms with van der Waals surface area (Å²) in [5, 5.41) is 0. The Kier molecular flexibility index (Phi) is 2.18. The number of halogens is 4. The molecule has 74 valence electrons. The average molecular weight is 263 g/mol. The molecule has 1 aliphatic rings. The number of fused-ring (bicyclic) bond motifs is 1. The molecule has 0 fully saturated rings. The van der Waals surface area contributed by atoms with Crippen molar-refractivity contribution in [3.05, 3.63) is 39.4 Å². The molecule has 0 atom stereocenters. The summed E-state index contributed by atoms with van der Waals surface area (Å²) in [6, 6.07) is 2.72. The van der Waals surface area contributed by atoms with Crippen molar-refractivity contribution in [3.63, 3.8) is 0 Å². The number of benzene rings is 1. The highest BCUT2D eigenvalue weighted by atomic mass is 79.9. The minimum Gasteiger partial charge on any atom is -0.166 e. The van der Waals surface area contributed by atoms with E-state index in [2.05, 4.69) is 15.9 Å². The quantitative estimate of drug-likeness (QED) is 0.662.